The molecule has 0 aliphatic carbocycles. The zero-order valence-electron chi connectivity index (χ0n) is 9.74. The summed E-state index contributed by atoms with van der Waals surface area (Å²) < 4.78 is 26.8. The topological polar surface area (TPSA) is 87.7 Å². The predicted octanol–water partition coefficient (Wildman–Crippen LogP) is 1.76. The number of H-pyrrole nitrogens is 1. The Kier molecular flexibility index (Phi) is 2.68. The Hall–Kier alpha value is -2.41. The predicted molar refractivity (Wildman–Crippen MR) is 71.1 cm³/mol. The first-order chi connectivity index (χ1) is 9.17. The number of sulfonamides is 1. The van der Waals surface area contributed by atoms with Gasteiger partial charge >= 0.3 is 0 Å². The van der Waals surface area contributed by atoms with Crippen molar-refractivity contribution in [3.63, 3.8) is 0 Å². The summed E-state index contributed by atoms with van der Waals surface area (Å²) in [6.45, 7) is 0. The van der Waals surface area contributed by atoms with Crippen molar-refractivity contribution in [3.05, 3.63) is 49.1 Å². The van der Waals surface area contributed by atoms with E-state index < -0.39 is 10.0 Å². The third kappa shape index (κ3) is 2.15. The van der Waals surface area contributed by atoms with Crippen molar-refractivity contribution in [2.45, 2.75) is 4.90 Å². The van der Waals surface area contributed by atoms with Gasteiger partial charge in [0.2, 0.25) is 0 Å². The van der Waals surface area contributed by atoms with Gasteiger partial charge in [-0.2, -0.15) is 5.10 Å². The number of aromatic amines is 1. The van der Waals surface area contributed by atoms with E-state index in [1.54, 1.807) is 24.5 Å². The molecule has 0 aliphatic heterocycles. The largest absolute Gasteiger partial charge is 0.284 e. The first-order valence-corrected chi connectivity index (χ1v) is 6.99. The first-order valence-electron chi connectivity index (χ1n) is 5.51. The fourth-order valence-electron chi connectivity index (χ4n) is 1.79. The van der Waals surface area contributed by atoms with Gasteiger partial charge in [0.1, 0.15) is 4.90 Å². The monoisotopic (exact) mass is 274 g/mol. The molecule has 1 aromatic carbocycles. The number of aromatic nitrogens is 3. The van der Waals surface area contributed by atoms with Gasteiger partial charge in [-0.1, -0.05) is 12.1 Å². The fourth-order valence-corrected chi connectivity index (χ4v) is 2.78. The van der Waals surface area contributed by atoms with E-state index in [9.17, 15) is 8.42 Å². The van der Waals surface area contributed by atoms with E-state index in [1.807, 2.05) is 12.1 Å². The molecule has 19 heavy (non-hydrogen) atoms. The van der Waals surface area contributed by atoms with Crippen molar-refractivity contribution in [3.8, 4) is 0 Å². The van der Waals surface area contributed by atoms with Crippen LogP contribution < -0.4 is 4.72 Å². The number of pyridine rings is 1. The fraction of sp³-hybridized carbons (Fsp3) is 0. The minimum atomic E-state index is -3.63. The van der Waals surface area contributed by atoms with E-state index in [0.717, 1.165) is 10.8 Å². The van der Waals surface area contributed by atoms with E-state index in [0.29, 0.717) is 5.69 Å². The molecule has 3 aromatic rings. The van der Waals surface area contributed by atoms with Crippen LogP contribution in [0.15, 0.2) is 53.9 Å². The second-order valence-electron chi connectivity index (χ2n) is 3.94. The average molecular weight is 274 g/mol. The van der Waals surface area contributed by atoms with E-state index in [-0.39, 0.29) is 4.90 Å². The SMILES string of the molecule is O=S(=O)(Nc1cccc2ccncc12)c1cn[nH]c1. The van der Waals surface area contributed by atoms with Crippen LogP contribution in [0.5, 0.6) is 0 Å². The van der Waals surface area contributed by atoms with Crippen molar-refractivity contribution in [1.82, 2.24) is 15.2 Å². The second kappa shape index (κ2) is 4.36. The number of hydrogen-bond donors (Lipinski definition) is 2. The average Bonchev–Trinajstić information content (AvgIpc) is 2.93. The van der Waals surface area contributed by atoms with Gasteiger partial charge < -0.3 is 0 Å². The Morgan fingerprint density at radius 2 is 2.05 bits per heavy atom. The van der Waals surface area contributed by atoms with Gasteiger partial charge in [-0.3, -0.25) is 14.8 Å². The van der Waals surface area contributed by atoms with Crippen molar-refractivity contribution < 1.29 is 8.42 Å². The standard InChI is InChI=1S/C12H10N4O2S/c17-19(18,10-6-14-15-7-10)16-12-3-1-2-9-4-5-13-8-11(9)12/h1-8,16H,(H,14,15). The Labute approximate surface area is 109 Å². The molecule has 6 nitrogen and oxygen atoms in total. The van der Waals surface area contributed by atoms with Crippen LogP contribution in [0.3, 0.4) is 0 Å². The highest BCUT2D eigenvalue weighted by molar-refractivity contribution is 7.92. The highest BCUT2D eigenvalue weighted by Crippen LogP contribution is 2.24. The number of benzene rings is 1. The summed E-state index contributed by atoms with van der Waals surface area (Å²) in [7, 11) is -3.63. The van der Waals surface area contributed by atoms with Crippen LogP contribution in [0.4, 0.5) is 5.69 Å². The molecule has 3 rings (SSSR count). The lowest BCUT2D eigenvalue weighted by molar-refractivity contribution is 0.601. The van der Waals surface area contributed by atoms with Crippen molar-refractivity contribution >= 4 is 26.5 Å². The molecule has 0 fully saturated rings. The number of hydrogen-bond acceptors (Lipinski definition) is 4. The zero-order chi connectivity index (χ0) is 13.3. The summed E-state index contributed by atoms with van der Waals surface area (Å²) in [5, 5.41) is 7.78. The van der Waals surface area contributed by atoms with Crippen LogP contribution in [0, 0.1) is 0 Å². The molecule has 7 heteroatoms. The van der Waals surface area contributed by atoms with E-state index in [2.05, 4.69) is 19.9 Å². The molecule has 0 aliphatic rings. The number of anilines is 1. The number of rotatable bonds is 3. The molecule has 0 spiro atoms. The zero-order valence-corrected chi connectivity index (χ0v) is 10.6. The van der Waals surface area contributed by atoms with Gasteiger partial charge in [0.15, 0.2) is 0 Å². The molecule has 2 aromatic heterocycles. The van der Waals surface area contributed by atoms with Crippen LogP contribution in [-0.4, -0.2) is 23.6 Å². The lowest BCUT2D eigenvalue weighted by Crippen LogP contribution is -2.12. The van der Waals surface area contributed by atoms with E-state index in [4.69, 9.17) is 0 Å². The maximum Gasteiger partial charge on any atom is 0.265 e. The van der Waals surface area contributed by atoms with Crippen LogP contribution in [0.1, 0.15) is 0 Å². The molecule has 0 bridgehead atoms. The smallest absolute Gasteiger partial charge is 0.265 e. The molecule has 2 N–H and O–H groups in total. The molecule has 0 saturated carbocycles. The quantitative estimate of drug-likeness (QED) is 0.761. The van der Waals surface area contributed by atoms with Gasteiger partial charge in [-0.25, -0.2) is 8.42 Å². The number of nitrogens with one attached hydrogen (secondary N) is 2. The Morgan fingerprint density at radius 3 is 2.84 bits per heavy atom. The maximum absolute atomic E-state index is 12.1. The summed E-state index contributed by atoms with van der Waals surface area (Å²) >= 11 is 0. The number of nitrogens with zero attached hydrogens (tertiary/aromatic N) is 2. The summed E-state index contributed by atoms with van der Waals surface area (Å²) in [5.41, 5.74) is 0.492. The Bertz CT molecular complexity index is 807. The van der Waals surface area contributed by atoms with Gasteiger partial charge in [0, 0.05) is 24.0 Å². The molecule has 96 valence electrons. The van der Waals surface area contributed by atoms with Gasteiger partial charge in [0.05, 0.1) is 11.9 Å². The van der Waals surface area contributed by atoms with Crippen LogP contribution in [-0.2, 0) is 10.0 Å². The molecule has 0 unspecified atom stereocenters. The third-order valence-corrected chi connectivity index (χ3v) is 4.04. The van der Waals surface area contributed by atoms with E-state index >= 15 is 0 Å². The van der Waals surface area contributed by atoms with E-state index in [1.165, 1.54) is 12.4 Å². The summed E-state index contributed by atoms with van der Waals surface area (Å²) in [5.74, 6) is 0. The minimum Gasteiger partial charge on any atom is -0.284 e. The van der Waals surface area contributed by atoms with Gasteiger partial charge in [-0.15, -0.1) is 0 Å². The molecule has 0 atom stereocenters. The molecule has 2 heterocycles. The summed E-state index contributed by atoms with van der Waals surface area (Å²) in [6.07, 6.45) is 5.87. The lowest BCUT2D eigenvalue weighted by Gasteiger charge is -2.08. The van der Waals surface area contributed by atoms with Crippen LogP contribution >= 0.6 is 0 Å². The van der Waals surface area contributed by atoms with Gasteiger partial charge in [-0.05, 0) is 17.5 Å². The normalized spacial score (nSPS) is 11.6. The number of fused-ring (bicyclic) bond motifs is 1. The van der Waals surface area contributed by atoms with Crippen molar-refractivity contribution in [1.29, 1.82) is 0 Å². The highest BCUT2D eigenvalue weighted by atomic mass is 32.2. The summed E-state index contributed by atoms with van der Waals surface area (Å²) in [4.78, 5) is 4.10. The minimum absolute atomic E-state index is 0.0911. The lowest BCUT2D eigenvalue weighted by atomic mass is 10.1. The van der Waals surface area contributed by atoms with Crippen LogP contribution in [0.25, 0.3) is 10.8 Å². The first kappa shape index (κ1) is 11.7. The van der Waals surface area contributed by atoms with Crippen molar-refractivity contribution in [2.75, 3.05) is 4.72 Å². The summed E-state index contributed by atoms with van der Waals surface area (Å²) in [6, 6.07) is 7.20. The van der Waals surface area contributed by atoms with Crippen molar-refractivity contribution in [2.24, 2.45) is 0 Å². The third-order valence-electron chi connectivity index (χ3n) is 2.71. The Balaban J connectivity index is 2.07. The highest BCUT2D eigenvalue weighted by Gasteiger charge is 2.16. The molecule has 0 saturated heterocycles. The molecule has 0 radical (unpaired) electrons. The molecule has 0 amide bonds. The molecular formula is C12H10N4O2S. The maximum atomic E-state index is 12.1. The molecular weight excluding hydrogens is 264 g/mol. The Morgan fingerprint density at radius 1 is 1.16 bits per heavy atom. The van der Waals surface area contributed by atoms with Crippen LogP contribution in [0.2, 0.25) is 0 Å². The second-order valence-corrected chi connectivity index (χ2v) is 5.62. The van der Waals surface area contributed by atoms with Gasteiger partial charge in [0.25, 0.3) is 10.0 Å².